The van der Waals surface area contributed by atoms with Crippen LogP contribution in [0.25, 0.3) is 0 Å². The number of rotatable bonds is 5. The molecule has 0 saturated carbocycles. The van der Waals surface area contributed by atoms with Gasteiger partial charge >= 0.3 is 0 Å². The molecule has 18 heavy (non-hydrogen) atoms. The van der Waals surface area contributed by atoms with Crippen LogP contribution in [0.15, 0.2) is 22.8 Å². The average molecular weight is 250 g/mol. The summed E-state index contributed by atoms with van der Waals surface area (Å²) in [4.78, 5) is 2.54. The number of piperidine rings is 1. The smallest absolute Gasteiger partial charge is 0.120 e. The topological polar surface area (TPSA) is 28.4 Å². The van der Waals surface area contributed by atoms with E-state index in [-0.39, 0.29) is 0 Å². The second kappa shape index (κ2) is 6.39. The molecule has 1 aromatic heterocycles. The molecule has 1 fully saturated rings. The van der Waals surface area contributed by atoms with Gasteiger partial charge in [-0.1, -0.05) is 6.92 Å². The average Bonchev–Trinajstić information content (AvgIpc) is 2.92. The lowest BCUT2D eigenvalue weighted by atomic mass is 9.90. The molecule has 0 aromatic carbocycles. The zero-order valence-corrected chi connectivity index (χ0v) is 11.9. The third kappa shape index (κ3) is 3.36. The first-order valence-corrected chi connectivity index (χ1v) is 7.22. The van der Waals surface area contributed by atoms with Crippen LogP contribution in [0.2, 0.25) is 0 Å². The van der Waals surface area contributed by atoms with Gasteiger partial charge in [-0.25, -0.2) is 0 Å². The molecule has 0 spiro atoms. The van der Waals surface area contributed by atoms with E-state index in [1.165, 1.54) is 32.5 Å². The zero-order chi connectivity index (χ0) is 13.0. The monoisotopic (exact) mass is 250 g/mol. The summed E-state index contributed by atoms with van der Waals surface area (Å²) in [6, 6.07) is 4.87. The first kappa shape index (κ1) is 13.6. The van der Waals surface area contributed by atoms with Gasteiger partial charge in [0.05, 0.1) is 12.3 Å². The minimum absolute atomic E-state index is 0.305. The maximum atomic E-state index is 5.45. The van der Waals surface area contributed by atoms with Crippen LogP contribution < -0.4 is 5.32 Å². The number of likely N-dealkylation sites (tertiary alicyclic amines) is 1. The van der Waals surface area contributed by atoms with Crippen LogP contribution >= 0.6 is 0 Å². The number of nitrogens with one attached hydrogen (secondary N) is 1. The molecular weight excluding hydrogens is 224 g/mol. The fourth-order valence-corrected chi connectivity index (χ4v) is 2.92. The van der Waals surface area contributed by atoms with E-state index in [9.17, 15) is 0 Å². The molecule has 0 amide bonds. The SMILES string of the molecule is CCN1CCC(C(C)N[C@@H](C)c2ccco2)CC1. The Labute approximate surface area is 111 Å². The molecule has 1 N–H and O–H groups in total. The lowest BCUT2D eigenvalue weighted by Gasteiger charge is -2.35. The Bertz CT molecular complexity index is 328. The van der Waals surface area contributed by atoms with E-state index < -0.39 is 0 Å². The highest BCUT2D eigenvalue weighted by molar-refractivity contribution is 5.03. The van der Waals surface area contributed by atoms with Crippen molar-refractivity contribution in [3.05, 3.63) is 24.2 Å². The highest BCUT2D eigenvalue weighted by Gasteiger charge is 2.24. The molecule has 1 aliphatic rings. The van der Waals surface area contributed by atoms with Gasteiger partial charge in [0.2, 0.25) is 0 Å². The highest BCUT2D eigenvalue weighted by atomic mass is 16.3. The van der Waals surface area contributed by atoms with E-state index >= 15 is 0 Å². The summed E-state index contributed by atoms with van der Waals surface area (Å²) in [6.45, 7) is 10.4. The van der Waals surface area contributed by atoms with E-state index in [2.05, 4.69) is 31.0 Å². The summed E-state index contributed by atoms with van der Waals surface area (Å²) in [5.41, 5.74) is 0. The molecule has 1 aliphatic heterocycles. The third-order valence-corrected chi connectivity index (χ3v) is 4.27. The normalized spacial score (nSPS) is 21.9. The lowest BCUT2D eigenvalue weighted by Crippen LogP contribution is -2.42. The number of hydrogen-bond donors (Lipinski definition) is 1. The van der Waals surface area contributed by atoms with Gasteiger partial charge in [-0.2, -0.15) is 0 Å². The van der Waals surface area contributed by atoms with Crippen molar-refractivity contribution in [3.63, 3.8) is 0 Å². The van der Waals surface area contributed by atoms with Crippen LogP contribution in [-0.2, 0) is 0 Å². The van der Waals surface area contributed by atoms with Crippen molar-refractivity contribution in [1.29, 1.82) is 0 Å². The minimum atomic E-state index is 0.305. The van der Waals surface area contributed by atoms with E-state index in [0.29, 0.717) is 12.1 Å². The Hall–Kier alpha value is -0.800. The molecular formula is C15H26N2O. The van der Waals surface area contributed by atoms with Gasteiger partial charge in [0, 0.05) is 6.04 Å². The van der Waals surface area contributed by atoms with Crippen LogP contribution in [0.4, 0.5) is 0 Å². The van der Waals surface area contributed by atoms with Crippen LogP contribution in [0, 0.1) is 5.92 Å². The fourth-order valence-electron chi connectivity index (χ4n) is 2.92. The molecule has 1 unspecified atom stereocenters. The highest BCUT2D eigenvalue weighted by Crippen LogP contribution is 2.23. The van der Waals surface area contributed by atoms with Crippen molar-refractivity contribution in [1.82, 2.24) is 10.2 Å². The van der Waals surface area contributed by atoms with E-state index in [0.717, 1.165) is 11.7 Å². The van der Waals surface area contributed by atoms with Crippen LogP contribution in [0.3, 0.4) is 0 Å². The summed E-state index contributed by atoms with van der Waals surface area (Å²) in [7, 11) is 0. The predicted molar refractivity (Wildman–Crippen MR) is 74.6 cm³/mol. The van der Waals surface area contributed by atoms with Crippen molar-refractivity contribution in [3.8, 4) is 0 Å². The van der Waals surface area contributed by atoms with E-state index in [1.807, 2.05) is 12.1 Å². The number of nitrogens with zero attached hydrogens (tertiary/aromatic N) is 1. The van der Waals surface area contributed by atoms with Gasteiger partial charge in [-0.15, -0.1) is 0 Å². The van der Waals surface area contributed by atoms with Gasteiger partial charge in [0.15, 0.2) is 0 Å². The Kier molecular flexibility index (Phi) is 4.84. The van der Waals surface area contributed by atoms with Crippen molar-refractivity contribution >= 4 is 0 Å². The second-order valence-electron chi connectivity index (χ2n) is 5.46. The largest absolute Gasteiger partial charge is 0.468 e. The quantitative estimate of drug-likeness (QED) is 0.870. The maximum Gasteiger partial charge on any atom is 0.120 e. The molecule has 2 atom stereocenters. The number of hydrogen-bond acceptors (Lipinski definition) is 3. The fraction of sp³-hybridized carbons (Fsp3) is 0.733. The first-order valence-electron chi connectivity index (χ1n) is 7.22. The molecule has 1 aromatic rings. The lowest BCUT2D eigenvalue weighted by molar-refractivity contribution is 0.163. The molecule has 0 bridgehead atoms. The van der Waals surface area contributed by atoms with Gasteiger partial charge in [0.25, 0.3) is 0 Å². The molecule has 102 valence electrons. The van der Waals surface area contributed by atoms with Gasteiger partial charge in [-0.05, 0) is 64.4 Å². The molecule has 3 heteroatoms. The molecule has 2 rings (SSSR count). The molecule has 0 radical (unpaired) electrons. The Morgan fingerprint density at radius 3 is 2.67 bits per heavy atom. The van der Waals surface area contributed by atoms with E-state index in [1.54, 1.807) is 6.26 Å². The standard InChI is InChI=1S/C15H26N2O/c1-4-17-9-7-14(8-10-17)12(2)16-13(3)15-6-5-11-18-15/h5-6,11-14,16H,4,7-10H2,1-3H3/t12?,13-/m0/s1. The number of furan rings is 1. The van der Waals surface area contributed by atoms with Crippen LogP contribution in [0.1, 0.15) is 45.4 Å². The predicted octanol–water partition coefficient (Wildman–Crippen LogP) is 3.05. The van der Waals surface area contributed by atoms with E-state index in [4.69, 9.17) is 4.42 Å². The molecule has 0 aliphatic carbocycles. The van der Waals surface area contributed by atoms with Crippen LogP contribution in [0.5, 0.6) is 0 Å². The Morgan fingerprint density at radius 2 is 2.11 bits per heavy atom. The summed E-state index contributed by atoms with van der Waals surface area (Å²) in [6.07, 6.45) is 4.37. The van der Waals surface area contributed by atoms with Gasteiger partial charge in [0.1, 0.15) is 5.76 Å². The summed E-state index contributed by atoms with van der Waals surface area (Å²) < 4.78 is 5.45. The van der Waals surface area contributed by atoms with Crippen molar-refractivity contribution in [2.24, 2.45) is 5.92 Å². The van der Waals surface area contributed by atoms with Gasteiger partial charge in [-0.3, -0.25) is 0 Å². The maximum absolute atomic E-state index is 5.45. The van der Waals surface area contributed by atoms with Crippen molar-refractivity contribution < 1.29 is 4.42 Å². The first-order chi connectivity index (χ1) is 8.70. The minimum Gasteiger partial charge on any atom is -0.468 e. The molecule has 2 heterocycles. The van der Waals surface area contributed by atoms with Crippen LogP contribution in [-0.4, -0.2) is 30.6 Å². The zero-order valence-electron chi connectivity index (χ0n) is 11.9. The van der Waals surface area contributed by atoms with Crippen molar-refractivity contribution in [2.75, 3.05) is 19.6 Å². The summed E-state index contributed by atoms with van der Waals surface area (Å²) in [5.74, 6) is 1.83. The Balaban J connectivity index is 1.80. The third-order valence-electron chi connectivity index (χ3n) is 4.27. The Morgan fingerprint density at radius 1 is 1.39 bits per heavy atom. The second-order valence-corrected chi connectivity index (χ2v) is 5.46. The molecule has 1 saturated heterocycles. The van der Waals surface area contributed by atoms with Crippen molar-refractivity contribution in [2.45, 2.75) is 45.7 Å². The summed E-state index contributed by atoms with van der Waals surface area (Å²) >= 11 is 0. The van der Waals surface area contributed by atoms with Gasteiger partial charge < -0.3 is 14.6 Å². The molecule has 3 nitrogen and oxygen atoms in total. The summed E-state index contributed by atoms with van der Waals surface area (Å²) in [5, 5.41) is 3.67.